The second-order valence-corrected chi connectivity index (χ2v) is 7.19. The maximum atomic E-state index is 12.3. The van der Waals surface area contributed by atoms with E-state index in [9.17, 15) is 4.79 Å². The zero-order valence-corrected chi connectivity index (χ0v) is 15.6. The van der Waals surface area contributed by atoms with E-state index in [1.54, 1.807) is 18.9 Å². The largest absolute Gasteiger partial charge is 0.497 e. The average Bonchev–Trinajstić information content (AvgIpc) is 2.99. The highest BCUT2D eigenvalue weighted by atomic mass is 32.2. The standard InChI is InChI=1S/C20H23NO3S/c1-14-4-5-16(12-15(14)2)20-21(19(22)13-25-20)10-11-24-18-8-6-17(23-3)7-9-18/h4-9,12,20H,10-11,13H2,1-3H3. The number of thioether (sulfide) groups is 1. The molecule has 1 heterocycles. The van der Waals surface area contributed by atoms with Crippen molar-refractivity contribution in [2.24, 2.45) is 0 Å². The van der Waals surface area contributed by atoms with Gasteiger partial charge in [0.15, 0.2) is 0 Å². The molecule has 0 aliphatic carbocycles. The summed E-state index contributed by atoms with van der Waals surface area (Å²) >= 11 is 1.68. The van der Waals surface area contributed by atoms with Gasteiger partial charge in [-0.3, -0.25) is 4.79 Å². The molecule has 2 aromatic carbocycles. The number of ether oxygens (including phenoxy) is 2. The quantitative estimate of drug-likeness (QED) is 0.784. The number of benzene rings is 2. The molecule has 1 aliphatic heterocycles. The number of rotatable bonds is 6. The SMILES string of the molecule is COc1ccc(OCCN2C(=O)CSC2c2ccc(C)c(C)c2)cc1. The molecule has 1 amide bonds. The lowest BCUT2D eigenvalue weighted by molar-refractivity contribution is -0.128. The predicted molar refractivity (Wildman–Crippen MR) is 101 cm³/mol. The third-order valence-electron chi connectivity index (χ3n) is 4.44. The smallest absolute Gasteiger partial charge is 0.233 e. The molecule has 0 spiro atoms. The zero-order valence-electron chi connectivity index (χ0n) is 14.8. The minimum Gasteiger partial charge on any atom is -0.497 e. The summed E-state index contributed by atoms with van der Waals surface area (Å²) < 4.78 is 10.9. The van der Waals surface area contributed by atoms with E-state index < -0.39 is 0 Å². The van der Waals surface area contributed by atoms with Crippen LogP contribution in [0.5, 0.6) is 11.5 Å². The number of aryl methyl sites for hydroxylation is 2. The van der Waals surface area contributed by atoms with Crippen molar-refractivity contribution in [2.75, 3.05) is 26.0 Å². The highest BCUT2D eigenvalue weighted by Crippen LogP contribution is 2.38. The van der Waals surface area contributed by atoms with E-state index in [1.165, 1.54) is 16.7 Å². The van der Waals surface area contributed by atoms with Crippen LogP contribution < -0.4 is 9.47 Å². The molecule has 4 nitrogen and oxygen atoms in total. The fourth-order valence-corrected chi connectivity index (χ4v) is 4.03. The van der Waals surface area contributed by atoms with Gasteiger partial charge in [0.25, 0.3) is 0 Å². The Morgan fingerprint density at radius 1 is 1.08 bits per heavy atom. The van der Waals surface area contributed by atoms with Crippen LogP contribution in [0.1, 0.15) is 22.1 Å². The first-order chi connectivity index (χ1) is 12.1. The van der Waals surface area contributed by atoms with Crippen molar-refractivity contribution >= 4 is 17.7 Å². The Morgan fingerprint density at radius 2 is 1.80 bits per heavy atom. The van der Waals surface area contributed by atoms with Gasteiger partial charge in [-0.25, -0.2) is 0 Å². The molecule has 0 bridgehead atoms. The van der Waals surface area contributed by atoms with Crippen LogP contribution in [0, 0.1) is 13.8 Å². The maximum absolute atomic E-state index is 12.3. The first kappa shape index (κ1) is 17.7. The Kier molecular flexibility index (Phi) is 5.53. The van der Waals surface area contributed by atoms with Crippen LogP contribution in [0.4, 0.5) is 0 Å². The lowest BCUT2D eigenvalue weighted by Crippen LogP contribution is -2.32. The van der Waals surface area contributed by atoms with Gasteiger partial charge in [0.05, 0.1) is 19.4 Å². The molecule has 5 heteroatoms. The highest BCUT2D eigenvalue weighted by Gasteiger charge is 2.32. The van der Waals surface area contributed by atoms with Crippen molar-refractivity contribution in [1.29, 1.82) is 0 Å². The molecule has 25 heavy (non-hydrogen) atoms. The highest BCUT2D eigenvalue weighted by molar-refractivity contribution is 8.00. The maximum Gasteiger partial charge on any atom is 0.233 e. The van der Waals surface area contributed by atoms with Crippen LogP contribution in [-0.4, -0.2) is 36.8 Å². The summed E-state index contributed by atoms with van der Waals surface area (Å²) in [6.07, 6.45) is 0. The van der Waals surface area contributed by atoms with E-state index in [0.29, 0.717) is 18.9 Å². The van der Waals surface area contributed by atoms with Crippen LogP contribution in [0.25, 0.3) is 0 Å². The van der Waals surface area contributed by atoms with E-state index in [0.717, 1.165) is 11.5 Å². The molecule has 1 unspecified atom stereocenters. The summed E-state index contributed by atoms with van der Waals surface area (Å²) in [7, 11) is 1.64. The number of carbonyl (C=O) groups excluding carboxylic acids is 1. The van der Waals surface area contributed by atoms with Crippen LogP contribution in [0.15, 0.2) is 42.5 Å². The van der Waals surface area contributed by atoms with E-state index >= 15 is 0 Å². The Hall–Kier alpha value is -2.14. The Labute approximate surface area is 153 Å². The van der Waals surface area contributed by atoms with Gasteiger partial charge >= 0.3 is 0 Å². The van der Waals surface area contributed by atoms with Crippen molar-refractivity contribution in [3.05, 3.63) is 59.2 Å². The molecule has 1 fully saturated rings. The molecule has 132 valence electrons. The number of hydrogen-bond donors (Lipinski definition) is 0. The van der Waals surface area contributed by atoms with Crippen molar-refractivity contribution < 1.29 is 14.3 Å². The Bertz CT molecular complexity index is 745. The number of carbonyl (C=O) groups is 1. The molecule has 1 aliphatic rings. The monoisotopic (exact) mass is 357 g/mol. The van der Waals surface area contributed by atoms with Crippen molar-refractivity contribution in [3.8, 4) is 11.5 Å². The predicted octanol–water partition coefficient (Wildman–Crippen LogP) is 3.97. The second kappa shape index (κ2) is 7.83. The van der Waals surface area contributed by atoms with Gasteiger partial charge in [0, 0.05) is 0 Å². The number of methoxy groups -OCH3 is 1. The van der Waals surface area contributed by atoms with Crippen LogP contribution in [-0.2, 0) is 4.79 Å². The lowest BCUT2D eigenvalue weighted by Gasteiger charge is -2.24. The summed E-state index contributed by atoms with van der Waals surface area (Å²) in [5.74, 6) is 2.28. The second-order valence-electron chi connectivity index (χ2n) is 6.12. The molecule has 3 rings (SSSR count). The summed E-state index contributed by atoms with van der Waals surface area (Å²) in [4.78, 5) is 14.2. The molecule has 0 N–H and O–H groups in total. The topological polar surface area (TPSA) is 38.8 Å². The summed E-state index contributed by atoms with van der Waals surface area (Å²) in [5, 5.41) is 0.0752. The first-order valence-electron chi connectivity index (χ1n) is 8.33. The van der Waals surface area contributed by atoms with Crippen LogP contribution >= 0.6 is 11.8 Å². The van der Waals surface area contributed by atoms with Gasteiger partial charge in [-0.15, -0.1) is 11.8 Å². The number of amides is 1. The van der Waals surface area contributed by atoms with Gasteiger partial charge < -0.3 is 14.4 Å². The summed E-state index contributed by atoms with van der Waals surface area (Å²) in [6, 6.07) is 13.9. The molecular weight excluding hydrogens is 334 g/mol. The molecule has 1 atom stereocenters. The minimum atomic E-state index is 0.0752. The van der Waals surface area contributed by atoms with Crippen molar-refractivity contribution in [1.82, 2.24) is 4.90 Å². The van der Waals surface area contributed by atoms with E-state index in [4.69, 9.17) is 9.47 Å². The Balaban J connectivity index is 1.62. The number of hydrogen-bond acceptors (Lipinski definition) is 4. The number of nitrogens with zero attached hydrogens (tertiary/aromatic N) is 1. The third kappa shape index (κ3) is 4.10. The molecule has 0 radical (unpaired) electrons. The molecule has 2 aromatic rings. The summed E-state index contributed by atoms with van der Waals surface area (Å²) in [6.45, 7) is 5.26. The van der Waals surface area contributed by atoms with Gasteiger partial charge in [0.1, 0.15) is 23.5 Å². The zero-order chi connectivity index (χ0) is 17.8. The lowest BCUT2D eigenvalue weighted by atomic mass is 10.1. The van der Waals surface area contributed by atoms with Crippen LogP contribution in [0.2, 0.25) is 0 Å². The third-order valence-corrected chi connectivity index (χ3v) is 5.70. The van der Waals surface area contributed by atoms with Gasteiger partial charge in [0.2, 0.25) is 5.91 Å². The minimum absolute atomic E-state index is 0.0752. The van der Waals surface area contributed by atoms with Crippen molar-refractivity contribution in [3.63, 3.8) is 0 Å². The first-order valence-corrected chi connectivity index (χ1v) is 9.38. The average molecular weight is 357 g/mol. The molecule has 1 saturated heterocycles. The van der Waals surface area contributed by atoms with Gasteiger partial charge in [-0.2, -0.15) is 0 Å². The fourth-order valence-electron chi connectivity index (χ4n) is 2.82. The van der Waals surface area contributed by atoms with Gasteiger partial charge in [-0.1, -0.05) is 18.2 Å². The normalized spacial score (nSPS) is 17.0. The van der Waals surface area contributed by atoms with Crippen molar-refractivity contribution in [2.45, 2.75) is 19.2 Å². The van der Waals surface area contributed by atoms with E-state index in [2.05, 4.69) is 32.0 Å². The van der Waals surface area contributed by atoms with Crippen LogP contribution in [0.3, 0.4) is 0 Å². The fraction of sp³-hybridized carbons (Fsp3) is 0.350. The molecular formula is C20H23NO3S. The molecule has 0 aromatic heterocycles. The van der Waals surface area contributed by atoms with E-state index in [-0.39, 0.29) is 11.3 Å². The molecule has 0 saturated carbocycles. The summed E-state index contributed by atoms with van der Waals surface area (Å²) in [5.41, 5.74) is 3.71. The Morgan fingerprint density at radius 3 is 2.48 bits per heavy atom. The van der Waals surface area contributed by atoms with Gasteiger partial charge in [-0.05, 0) is 54.8 Å². The van der Waals surface area contributed by atoms with E-state index in [1.807, 2.05) is 29.2 Å².